The van der Waals surface area contributed by atoms with Crippen LogP contribution < -0.4 is 5.73 Å². The van der Waals surface area contributed by atoms with E-state index in [-0.39, 0.29) is 28.9 Å². The molecule has 33 heteroatoms. The number of aromatic nitrogens is 5. The van der Waals surface area contributed by atoms with Crippen LogP contribution in [0.1, 0.15) is 16.7 Å². The van der Waals surface area contributed by atoms with E-state index in [9.17, 15) is 50.0 Å². The number of thiocarbonyl (C=S) groups is 2. The number of carbonyl (C=O) groups excluding carboxylic acids is 2. The quantitative estimate of drug-likeness (QED) is 0.00947. The van der Waals surface area contributed by atoms with Crippen LogP contribution in [-0.2, 0) is 29.3 Å². The summed E-state index contributed by atoms with van der Waals surface area (Å²) in [6, 6.07) is 33.5. The summed E-state index contributed by atoms with van der Waals surface area (Å²) in [5.41, 5.74) is 11.9. The zero-order chi connectivity index (χ0) is 58.7. The van der Waals surface area contributed by atoms with Gasteiger partial charge in [0, 0.05) is 152 Å². The van der Waals surface area contributed by atoms with E-state index in [1.165, 1.54) is 60.9 Å². The van der Waals surface area contributed by atoms with Crippen molar-refractivity contribution in [3.05, 3.63) is 191 Å². The van der Waals surface area contributed by atoms with Crippen molar-refractivity contribution >= 4 is 171 Å². The minimum absolute atomic E-state index is 0.0174. The molecule has 0 radical (unpaired) electrons. The number of rotatable bonds is 8. The summed E-state index contributed by atoms with van der Waals surface area (Å²) in [7, 11) is 0. The van der Waals surface area contributed by atoms with Crippen molar-refractivity contribution in [3.8, 4) is 18.2 Å². The highest BCUT2D eigenvalue weighted by atomic mass is 127. The molecule has 0 atom stereocenters. The summed E-state index contributed by atoms with van der Waals surface area (Å²) in [5, 5.41) is 77.2. The fourth-order valence-corrected chi connectivity index (χ4v) is 6.52. The molecule has 29 nitrogen and oxygen atoms in total. The molecule has 5 aromatic heterocycles. The lowest BCUT2D eigenvalue weighted by atomic mass is 10.2. The minimum Gasteiger partial charge on any atom is -0.399 e. The Labute approximate surface area is 482 Å². The molecular weight excluding hydrogens is 1320 g/mol. The van der Waals surface area contributed by atoms with Crippen LogP contribution in [0.5, 0.6) is 0 Å². The molecule has 0 fully saturated rings. The van der Waals surface area contributed by atoms with E-state index in [2.05, 4.69) is 85.5 Å². The highest BCUT2D eigenvalue weighted by Crippen LogP contribution is 2.25. The van der Waals surface area contributed by atoms with Gasteiger partial charge in [-0.15, -0.1) is 0 Å². The second kappa shape index (κ2) is 31.3. The molecule has 7 N–H and O–H groups in total. The largest absolute Gasteiger partial charge is 0.399 e. The number of nitro groups is 4. The average molecular weight is 1350 g/mol. The Morgan fingerprint density at radius 2 is 0.800 bits per heavy atom. The van der Waals surface area contributed by atoms with Gasteiger partial charge in [0.05, 0.1) is 68.8 Å². The molecule has 80 heavy (non-hydrogen) atoms. The third-order valence-electron chi connectivity index (χ3n) is 9.67. The highest BCUT2D eigenvalue weighted by molar-refractivity contribution is 14.1. The minimum atomic E-state index is -0.466. The van der Waals surface area contributed by atoms with Gasteiger partial charge in [-0.2, -0.15) is 25.8 Å². The maximum Gasteiger partial charge on any atom is 0.281 e. The van der Waals surface area contributed by atoms with Crippen LogP contribution in [0, 0.1) is 74.5 Å². The summed E-state index contributed by atoms with van der Waals surface area (Å²) >= 11 is 12.1. The first-order valence-corrected chi connectivity index (χ1v) is 24.0. The molecule has 10 rings (SSSR count). The predicted octanol–water partition coefficient (Wildman–Crippen LogP) is 11.5. The first-order chi connectivity index (χ1) is 38.3. The predicted molar refractivity (Wildman–Crippen MR) is 310 cm³/mol. The number of nitrogens with zero attached hydrogens (tertiary/aromatic N) is 9. The van der Waals surface area contributed by atoms with Crippen molar-refractivity contribution < 1.29 is 49.0 Å². The van der Waals surface area contributed by atoms with Crippen molar-refractivity contribution in [2.75, 3.05) is 5.73 Å². The van der Waals surface area contributed by atoms with Gasteiger partial charge in [0.25, 0.3) is 41.0 Å². The SMILES string of the molecule is N#Cc1c[nH]c2cc(N)ccc12.N#Cc1c[nH]c2cc([N+](=O)[O-])ccc12.N#Cc1c[nH]c2cc([N+](=O)[O-])ccc12.O=C=NOOC(=S)I.O=C=NOOC(=S)I.O=[N+]([O-])c1ccc2cc[nH]c2c1.O=[N+]([O-])c1ccc2cc[nH]c2c1. The van der Waals surface area contributed by atoms with Gasteiger partial charge in [0.1, 0.15) is 18.2 Å². The molecule has 0 aliphatic heterocycles. The fourth-order valence-electron chi connectivity index (χ4n) is 6.30. The number of hydrogen-bond donors (Lipinski definition) is 6. The molecule has 0 saturated heterocycles. The van der Waals surface area contributed by atoms with Crippen LogP contribution in [0.2, 0.25) is 0 Å². The van der Waals surface area contributed by atoms with Crippen LogP contribution in [0.25, 0.3) is 54.5 Å². The van der Waals surface area contributed by atoms with Gasteiger partial charge in [0.2, 0.25) is 0 Å². The summed E-state index contributed by atoms with van der Waals surface area (Å²) in [4.78, 5) is 88.5. The molecule has 0 amide bonds. The number of halogens is 2. The zero-order valence-electron chi connectivity index (χ0n) is 39.6. The van der Waals surface area contributed by atoms with Gasteiger partial charge in [-0.25, -0.2) is 19.4 Å². The normalized spacial score (nSPS) is 9.39. The van der Waals surface area contributed by atoms with Crippen molar-refractivity contribution in [2.24, 2.45) is 10.3 Å². The number of nitro benzene ring substituents is 4. The average Bonchev–Trinajstić information content (AvgIpc) is 4.32. The van der Waals surface area contributed by atoms with E-state index < -0.39 is 19.7 Å². The second-order valence-corrected chi connectivity index (χ2v) is 18.6. The molecule has 0 spiro atoms. The van der Waals surface area contributed by atoms with E-state index in [1.807, 2.05) is 36.4 Å². The van der Waals surface area contributed by atoms with Crippen LogP contribution in [0.15, 0.2) is 144 Å². The van der Waals surface area contributed by atoms with Gasteiger partial charge in [-0.3, -0.25) is 40.5 Å². The van der Waals surface area contributed by atoms with Crippen LogP contribution >= 0.6 is 69.6 Å². The lowest BCUT2D eigenvalue weighted by molar-refractivity contribution is -0.384. The van der Waals surface area contributed by atoms with Crippen molar-refractivity contribution in [1.82, 2.24) is 24.9 Å². The Kier molecular flexibility index (Phi) is 24.2. The Morgan fingerprint density at radius 1 is 0.487 bits per heavy atom. The van der Waals surface area contributed by atoms with Crippen LogP contribution in [0.4, 0.5) is 28.4 Å². The number of nitrogens with one attached hydrogen (secondary N) is 5. The summed E-state index contributed by atoms with van der Waals surface area (Å²) < 4.78 is 0.253. The molecule has 5 heterocycles. The molecule has 0 saturated carbocycles. The fraction of sp³-hybridized carbons (Fsp3) is 0. The molecule has 0 aliphatic carbocycles. The Balaban J connectivity index is 0.000000203. The van der Waals surface area contributed by atoms with Crippen LogP contribution in [0.3, 0.4) is 0 Å². The zero-order valence-corrected chi connectivity index (χ0v) is 45.5. The van der Waals surface area contributed by atoms with Crippen molar-refractivity contribution in [2.45, 2.75) is 0 Å². The number of isocyanates is 2. The third-order valence-corrected chi connectivity index (χ3v) is 10.2. The van der Waals surface area contributed by atoms with Gasteiger partial charge in [-0.1, -0.05) is 0 Å². The number of non-ortho nitro benzene ring substituents is 4. The number of nitriles is 3. The number of H-pyrrole nitrogens is 5. The first kappa shape index (κ1) is 61.8. The topological polar surface area (TPSA) is 445 Å². The monoisotopic (exact) mass is 1340 g/mol. The molecule has 0 unspecified atom stereocenters. The number of benzene rings is 5. The van der Waals surface area contributed by atoms with E-state index in [0.717, 1.165) is 44.9 Å². The van der Waals surface area contributed by atoms with Crippen molar-refractivity contribution in [3.63, 3.8) is 0 Å². The molecule has 402 valence electrons. The third kappa shape index (κ3) is 18.8. The van der Waals surface area contributed by atoms with Gasteiger partial charge >= 0.3 is 0 Å². The number of hydrogen-bond acceptors (Lipinski definition) is 22. The molecule has 0 aliphatic rings. The Morgan fingerprint density at radius 3 is 1.11 bits per heavy atom. The summed E-state index contributed by atoms with van der Waals surface area (Å²) in [6.45, 7) is 0. The van der Waals surface area contributed by atoms with Crippen molar-refractivity contribution in [1.29, 1.82) is 15.8 Å². The van der Waals surface area contributed by atoms with Gasteiger partial charge in [-0.05, 0) is 89.8 Å². The van der Waals surface area contributed by atoms with E-state index >= 15 is 0 Å². The van der Waals surface area contributed by atoms with Gasteiger partial charge < -0.3 is 30.7 Å². The maximum absolute atomic E-state index is 10.4. The standard InChI is InChI=1S/2C9H5N3O2.C9H7N3.2C8H6N2O2.2C2INO3S/c2*10-4-6-5-11-9-3-7(12(13)14)1-2-8(6)9;10-4-6-5-12-9-3-7(11)1-2-8(6)9;2*11-10(12)7-2-1-6-3-4-9-8(6)5-7;2*3-2(8)6-7-4-1-5/h2*1-3,5,11H;1-3,5,12H,11H2;2*1-5,9H;;. The second-order valence-electron chi connectivity index (χ2n) is 14.4. The summed E-state index contributed by atoms with van der Waals surface area (Å²) in [5.74, 6) is 0. The molecule has 5 aromatic carbocycles. The smallest absolute Gasteiger partial charge is 0.281 e. The van der Waals surface area contributed by atoms with E-state index in [4.69, 9.17) is 21.5 Å². The first-order valence-electron chi connectivity index (χ1n) is 21.1. The number of anilines is 1. The van der Waals surface area contributed by atoms with E-state index in [0.29, 0.717) is 44.2 Å². The number of nitrogen functional groups attached to an aromatic ring is 1. The van der Waals surface area contributed by atoms with Crippen LogP contribution in [-0.4, -0.2) is 62.9 Å². The summed E-state index contributed by atoms with van der Waals surface area (Å²) in [6.07, 6.45) is 10.4. The number of nitrogens with two attached hydrogens (primary N) is 1. The molecule has 10 aromatic rings. The Bertz CT molecular complexity index is 3900. The van der Waals surface area contributed by atoms with Gasteiger partial charge in [0.15, 0.2) is 0 Å². The van der Waals surface area contributed by atoms with E-state index in [1.54, 1.807) is 94.1 Å². The highest BCUT2D eigenvalue weighted by Gasteiger charge is 2.11. The molecule has 0 bridgehead atoms. The number of fused-ring (bicyclic) bond motifs is 5. The lowest BCUT2D eigenvalue weighted by Crippen LogP contribution is -1.87. The number of aromatic amines is 5. The lowest BCUT2D eigenvalue weighted by Gasteiger charge is -1.92. The molecular formula is C47H29I2N15O14S2. The maximum atomic E-state index is 10.4. The Hall–Kier alpha value is -10.7.